The molecule has 0 aliphatic heterocycles. The molecule has 0 amide bonds. The highest BCUT2D eigenvalue weighted by atomic mass is 35.5. The number of H-pyrrole nitrogens is 1. The molecule has 0 atom stereocenters. The first-order valence-electron chi connectivity index (χ1n) is 5.07. The molecular formula is C10H11ClN4O2. The van der Waals surface area contributed by atoms with Crippen molar-refractivity contribution in [3.05, 3.63) is 33.4 Å². The molecule has 6 nitrogen and oxygen atoms in total. The van der Waals surface area contributed by atoms with E-state index in [0.717, 1.165) is 5.69 Å². The topological polar surface area (TPSA) is 82.8 Å². The number of fused-ring (bicyclic) bond motifs is 1. The molecule has 0 radical (unpaired) electrons. The van der Waals surface area contributed by atoms with Crippen molar-refractivity contribution in [1.29, 1.82) is 0 Å². The van der Waals surface area contributed by atoms with Crippen LogP contribution in [0.5, 0.6) is 0 Å². The van der Waals surface area contributed by atoms with Crippen molar-refractivity contribution in [2.45, 2.75) is 20.3 Å². The smallest absolute Gasteiger partial charge is 0.277 e. The molecule has 2 heterocycles. The van der Waals surface area contributed by atoms with Gasteiger partial charge in [0.05, 0.1) is 11.8 Å². The maximum absolute atomic E-state index is 12.0. The van der Waals surface area contributed by atoms with Crippen molar-refractivity contribution in [1.82, 2.24) is 14.6 Å². The van der Waals surface area contributed by atoms with E-state index in [2.05, 4.69) is 15.2 Å². The molecule has 0 aliphatic rings. The number of rotatable bonds is 2. The molecular weight excluding hydrogens is 244 g/mol. The molecule has 0 saturated heterocycles. The van der Waals surface area contributed by atoms with Crippen molar-refractivity contribution in [2.24, 2.45) is 5.16 Å². The fourth-order valence-corrected chi connectivity index (χ4v) is 1.92. The van der Waals surface area contributed by atoms with Crippen LogP contribution in [0, 0.1) is 6.92 Å². The number of aromatic nitrogens is 3. The van der Waals surface area contributed by atoms with Crippen LogP contribution in [0.1, 0.15) is 23.7 Å². The third kappa shape index (κ3) is 1.70. The minimum Gasteiger partial charge on any atom is -0.410 e. The van der Waals surface area contributed by atoms with Crippen LogP contribution in [0.3, 0.4) is 0 Å². The molecule has 2 N–H and O–H groups in total. The van der Waals surface area contributed by atoms with Crippen LogP contribution in [0.15, 0.2) is 16.1 Å². The van der Waals surface area contributed by atoms with Crippen molar-refractivity contribution < 1.29 is 5.21 Å². The summed E-state index contributed by atoms with van der Waals surface area (Å²) in [6.07, 6.45) is 2.00. The van der Waals surface area contributed by atoms with E-state index in [4.69, 9.17) is 16.8 Å². The molecule has 0 saturated carbocycles. The van der Waals surface area contributed by atoms with Gasteiger partial charge in [-0.2, -0.15) is 9.61 Å². The lowest BCUT2D eigenvalue weighted by Gasteiger charge is -2.04. The number of halogens is 1. The van der Waals surface area contributed by atoms with E-state index >= 15 is 0 Å². The van der Waals surface area contributed by atoms with Gasteiger partial charge in [0.1, 0.15) is 5.65 Å². The lowest BCUT2D eigenvalue weighted by Crippen LogP contribution is -2.21. The third-order valence-corrected chi connectivity index (χ3v) is 2.92. The minimum absolute atomic E-state index is 0.112. The van der Waals surface area contributed by atoms with Crippen molar-refractivity contribution in [3.63, 3.8) is 0 Å². The predicted molar refractivity (Wildman–Crippen MR) is 64.1 cm³/mol. The highest BCUT2D eigenvalue weighted by Crippen LogP contribution is 2.12. The van der Waals surface area contributed by atoms with Gasteiger partial charge in [-0.05, 0) is 13.3 Å². The molecule has 0 aliphatic carbocycles. The van der Waals surface area contributed by atoms with Crippen LogP contribution < -0.4 is 5.56 Å². The van der Waals surface area contributed by atoms with Crippen LogP contribution >= 0.6 is 11.6 Å². The molecule has 0 bridgehead atoms. The fourth-order valence-electron chi connectivity index (χ4n) is 1.79. The van der Waals surface area contributed by atoms with E-state index in [1.165, 1.54) is 10.7 Å². The van der Waals surface area contributed by atoms with Crippen LogP contribution in [0.2, 0.25) is 0 Å². The third-order valence-electron chi connectivity index (χ3n) is 2.64. The Morgan fingerprint density at radius 3 is 3.00 bits per heavy atom. The molecule has 0 aromatic carbocycles. The Kier molecular flexibility index (Phi) is 2.89. The van der Waals surface area contributed by atoms with Crippen LogP contribution in [0.25, 0.3) is 5.65 Å². The summed E-state index contributed by atoms with van der Waals surface area (Å²) in [6, 6.07) is 0. The summed E-state index contributed by atoms with van der Waals surface area (Å²) in [5, 5.41) is 15.3. The summed E-state index contributed by atoms with van der Waals surface area (Å²) in [7, 11) is 0. The second kappa shape index (κ2) is 4.21. The molecule has 90 valence electrons. The maximum Gasteiger partial charge on any atom is 0.277 e. The highest BCUT2D eigenvalue weighted by Gasteiger charge is 2.14. The van der Waals surface area contributed by atoms with Crippen LogP contribution in [0.4, 0.5) is 0 Å². The predicted octanol–water partition coefficient (Wildman–Crippen LogP) is 1.27. The monoisotopic (exact) mass is 254 g/mol. The van der Waals surface area contributed by atoms with Crippen molar-refractivity contribution in [2.75, 3.05) is 0 Å². The van der Waals surface area contributed by atoms with E-state index in [1.807, 2.05) is 6.92 Å². The summed E-state index contributed by atoms with van der Waals surface area (Å²) in [5.41, 5.74) is 2.05. The van der Waals surface area contributed by atoms with Gasteiger partial charge < -0.3 is 10.2 Å². The summed E-state index contributed by atoms with van der Waals surface area (Å²) >= 11 is 5.71. The van der Waals surface area contributed by atoms with Crippen molar-refractivity contribution in [3.8, 4) is 0 Å². The first kappa shape index (κ1) is 11.7. The Labute approximate surface area is 102 Å². The van der Waals surface area contributed by atoms with Crippen LogP contribution in [-0.4, -0.2) is 25.0 Å². The summed E-state index contributed by atoms with van der Waals surface area (Å²) < 4.78 is 1.22. The van der Waals surface area contributed by atoms with E-state index < -0.39 is 0 Å². The molecule has 7 heteroatoms. The second-order valence-corrected chi connectivity index (χ2v) is 3.95. The Hall–Kier alpha value is -1.82. The van der Waals surface area contributed by atoms with E-state index in [1.54, 1.807) is 6.92 Å². The number of aromatic amines is 1. The maximum atomic E-state index is 12.0. The van der Waals surface area contributed by atoms with Gasteiger partial charge in [0.15, 0.2) is 5.17 Å². The average molecular weight is 255 g/mol. The zero-order valence-electron chi connectivity index (χ0n) is 9.36. The highest BCUT2D eigenvalue weighted by molar-refractivity contribution is 6.70. The molecule has 2 rings (SSSR count). The van der Waals surface area contributed by atoms with Crippen molar-refractivity contribution >= 4 is 22.4 Å². The van der Waals surface area contributed by atoms with E-state index in [-0.39, 0.29) is 10.7 Å². The quantitative estimate of drug-likeness (QED) is 0.481. The number of hydrogen-bond acceptors (Lipinski definition) is 4. The van der Waals surface area contributed by atoms with Gasteiger partial charge in [-0.25, -0.2) is 0 Å². The van der Waals surface area contributed by atoms with Crippen LogP contribution in [-0.2, 0) is 6.42 Å². The van der Waals surface area contributed by atoms with E-state index in [9.17, 15) is 4.79 Å². The van der Waals surface area contributed by atoms with Gasteiger partial charge in [0.2, 0.25) is 0 Å². The van der Waals surface area contributed by atoms with Gasteiger partial charge in [-0.15, -0.1) is 0 Å². The number of nitrogens with zero attached hydrogens (tertiary/aromatic N) is 3. The largest absolute Gasteiger partial charge is 0.410 e. The van der Waals surface area contributed by atoms with Gasteiger partial charge in [0.25, 0.3) is 5.56 Å². The van der Waals surface area contributed by atoms with E-state index in [0.29, 0.717) is 23.2 Å². The number of oxime groups is 1. The summed E-state index contributed by atoms with van der Waals surface area (Å²) in [5.74, 6) is 0. The molecule has 17 heavy (non-hydrogen) atoms. The average Bonchev–Trinajstić information content (AvgIpc) is 2.72. The first-order valence-corrected chi connectivity index (χ1v) is 5.45. The minimum atomic E-state index is -0.188. The summed E-state index contributed by atoms with van der Waals surface area (Å²) in [6.45, 7) is 3.71. The van der Waals surface area contributed by atoms with Gasteiger partial charge in [-0.3, -0.25) is 4.79 Å². The first-order chi connectivity index (χ1) is 8.10. The SMILES string of the molecule is CCc1c(C)[nH]c2c(/C(Cl)=N/O)cnn2c1=O. The molecule has 2 aromatic heterocycles. The van der Waals surface area contributed by atoms with Gasteiger partial charge in [0, 0.05) is 11.3 Å². The lowest BCUT2D eigenvalue weighted by molar-refractivity contribution is 0.321. The summed E-state index contributed by atoms with van der Waals surface area (Å²) in [4.78, 5) is 15.1. The Bertz CT molecular complexity index is 656. The Morgan fingerprint density at radius 1 is 1.71 bits per heavy atom. The molecule has 0 fully saturated rings. The number of hydrogen-bond donors (Lipinski definition) is 2. The zero-order valence-corrected chi connectivity index (χ0v) is 10.1. The number of aryl methyl sites for hydroxylation is 1. The Morgan fingerprint density at radius 2 is 2.41 bits per heavy atom. The fraction of sp³-hybridized carbons (Fsp3) is 0.300. The standard InChI is InChI=1S/C10H11ClN4O2/c1-3-6-5(2)13-9-7(8(11)14-17)4-12-15(9)10(6)16/h4,13,17H,3H2,1-2H3/b14-8-. The lowest BCUT2D eigenvalue weighted by atomic mass is 10.2. The molecule has 0 spiro atoms. The van der Waals surface area contributed by atoms with Gasteiger partial charge >= 0.3 is 0 Å². The molecule has 2 aromatic rings. The Balaban J connectivity index is 2.85. The normalized spacial score (nSPS) is 12.3. The zero-order chi connectivity index (χ0) is 12.6. The van der Waals surface area contributed by atoms with Gasteiger partial charge in [-0.1, -0.05) is 23.7 Å². The second-order valence-electron chi connectivity index (χ2n) is 3.60. The number of nitrogens with one attached hydrogen (secondary N) is 1. The molecule has 0 unspecified atom stereocenters.